The van der Waals surface area contributed by atoms with Crippen LogP contribution in [0.1, 0.15) is 31.8 Å². The summed E-state index contributed by atoms with van der Waals surface area (Å²) in [5, 5.41) is 19.4. The Bertz CT molecular complexity index is 2150. The minimum Gasteiger partial charge on any atom is -0.477 e. The van der Waals surface area contributed by atoms with Crippen LogP contribution >= 0.6 is 0 Å². The summed E-state index contributed by atoms with van der Waals surface area (Å²) in [6.45, 7) is 4.23. The first-order chi connectivity index (χ1) is 26.2. The SMILES string of the molecule is Cc1ccc(Oc2cccc(Oc3ccc4c(c3)OCO4)c2C(=O)O)cc1.Cc1ccc(Oc2cccc(Oc3ccc4c(c3)OCO4)c2C(=O)O)cc1. The number of hydrogen-bond acceptors (Lipinski definition) is 10. The molecule has 12 nitrogen and oxygen atoms in total. The molecule has 0 aromatic heterocycles. The first kappa shape index (κ1) is 35.1. The summed E-state index contributed by atoms with van der Waals surface area (Å²) < 4.78 is 44.3. The highest BCUT2D eigenvalue weighted by Crippen LogP contribution is 2.41. The van der Waals surface area contributed by atoms with Gasteiger partial charge in [0.15, 0.2) is 23.0 Å². The highest BCUT2D eigenvalue weighted by molar-refractivity contribution is 5.95. The number of benzene rings is 6. The van der Waals surface area contributed by atoms with Crippen LogP contribution in [0.4, 0.5) is 0 Å². The number of carboxylic acid groups (broad SMARTS) is 2. The van der Waals surface area contributed by atoms with E-state index in [0.717, 1.165) is 11.1 Å². The average Bonchev–Trinajstić information content (AvgIpc) is 3.83. The van der Waals surface area contributed by atoms with Gasteiger partial charge in [-0.3, -0.25) is 0 Å². The Morgan fingerprint density at radius 3 is 1.11 bits per heavy atom. The molecule has 2 aliphatic rings. The van der Waals surface area contributed by atoms with Crippen molar-refractivity contribution in [1.29, 1.82) is 0 Å². The highest BCUT2D eigenvalue weighted by Gasteiger charge is 2.22. The quantitative estimate of drug-likeness (QED) is 0.138. The molecule has 272 valence electrons. The van der Waals surface area contributed by atoms with Crippen LogP contribution in [0.15, 0.2) is 121 Å². The second-order valence-corrected chi connectivity index (χ2v) is 11.9. The minimum absolute atomic E-state index is 0.0595. The van der Waals surface area contributed by atoms with E-state index >= 15 is 0 Å². The summed E-state index contributed by atoms with van der Waals surface area (Å²) in [7, 11) is 0. The lowest BCUT2D eigenvalue weighted by molar-refractivity contribution is 0.0679. The number of carbonyl (C=O) groups is 2. The molecule has 0 unspecified atom stereocenters. The predicted octanol–water partition coefficient (Wildman–Crippen LogP) is 10.0. The highest BCUT2D eigenvalue weighted by atomic mass is 16.7. The molecule has 6 aromatic carbocycles. The molecule has 0 amide bonds. The largest absolute Gasteiger partial charge is 0.477 e. The van der Waals surface area contributed by atoms with Crippen molar-refractivity contribution >= 4 is 11.9 Å². The normalized spacial score (nSPS) is 11.9. The van der Waals surface area contributed by atoms with E-state index in [4.69, 9.17) is 37.9 Å². The first-order valence-corrected chi connectivity index (χ1v) is 16.6. The van der Waals surface area contributed by atoms with Gasteiger partial charge >= 0.3 is 11.9 Å². The predicted molar refractivity (Wildman–Crippen MR) is 195 cm³/mol. The van der Waals surface area contributed by atoms with E-state index < -0.39 is 11.9 Å². The Hall–Kier alpha value is -7.34. The van der Waals surface area contributed by atoms with E-state index in [1.807, 2.05) is 38.1 Å². The van der Waals surface area contributed by atoms with Crippen LogP contribution in [0.25, 0.3) is 0 Å². The lowest BCUT2D eigenvalue weighted by Crippen LogP contribution is -2.03. The molecule has 0 radical (unpaired) electrons. The molecule has 8 rings (SSSR count). The number of hydrogen-bond donors (Lipinski definition) is 2. The number of aromatic carboxylic acids is 2. The van der Waals surface area contributed by atoms with Gasteiger partial charge in [0.1, 0.15) is 57.1 Å². The Balaban J connectivity index is 0.000000167. The number of carboxylic acids is 2. The van der Waals surface area contributed by atoms with Crippen LogP contribution in [-0.4, -0.2) is 35.7 Å². The van der Waals surface area contributed by atoms with Crippen LogP contribution < -0.4 is 37.9 Å². The number of fused-ring (bicyclic) bond motifs is 2. The van der Waals surface area contributed by atoms with Crippen molar-refractivity contribution in [3.05, 3.63) is 144 Å². The minimum atomic E-state index is -1.14. The Labute approximate surface area is 309 Å². The third kappa shape index (κ3) is 8.08. The summed E-state index contributed by atoms with van der Waals surface area (Å²) in [5.41, 5.74) is 2.05. The summed E-state index contributed by atoms with van der Waals surface area (Å²) >= 11 is 0. The maximum Gasteiger partial charge on any atom is 0.343 e. The second-order valence-electron chi connectivity index (χ2n) is 11.9. The van der Waals surface area contributed by atoms with Crippen LogP contribution in [0.5, 0.6) is 69.0 Å². The van der Waals surface area contributed by atoms with E-state index in [9.17, 15) is 19.8 Å². The van der Waals surface area contributed by atoms with E-state index in [-0.39, 0.29) is 47.7 Å². The number of aryl methyl sites for hydroxylation is 2. The zero-order valence-corrected chi connectivity index (χ0v) is 28.9. The van der Waals surface area contributed by atoms with Crippen molar-refractivity contribution in [2.24, 2.45) is 0 Å². The molecule has 0 saturated carbocycles. The van der Waals surface area contributed by atoms with Crippen molar-refractivity contribution < 1.29 is 57.7 Å². The van der Waals surface area contributed by atoms with Gasteiger partial charge in [0.25, 0.3) is 0 Å². The van der Waals surface area contributed by atoms with E-state index in [1.165, 1.54) is 0 Å². The van der Waals surface area contributed by atoms with E-state index in [2.05, 4.69) is 0 Å². The Morgan fingerprint density at radius 1 is 0.444 bits per heavy atom. The third-order valence-electron chi connectivity index (χ3n) is 8.04. The topological polar surface area (TPSA) is 148 Å². The van der Waals surface area contributed by atoms with Gasteiger partial charge in [-0.1, -0.05) is 47.5 Å². The summed E-state index contributed by atoms with van der Waals surface area (Å²) in [6, 6.07) is 34.5. The smallest absolute Gasteiger partial charge is 0.343 e. The number of ether oxygens (including phenoxy) is 8. The van der Waals surface area contributed by atoms with Crippen molar-refractivity contribution in [2.75, 3.05) is 13.6 Å². The molecule has 0 bridgehead atoms. The van der Waals surface area contributed by atoms with Crippen molar-refractivity contribution in [3.8, 4) is 69.0 Å². The standard InChI is InChI=1S/2C21H16O6/c2*1-13-5-7-14(8-6-13)26-17-3-2-4-18(20(17)21(22)23)27-15-9-10-16-19(11-15)25-12-24-16/h2*2-11H,12H2,1H3,(H,22,23). The molecular formula is C42H32O12. The summed E-state index contributed by atoms with van der Waals surface area (Å²) in [6.07, 6.45) is 0. The fourth-order valence-electron chi connectivity index (χ4n) is 5.38. The molecule has 2 heterocycles. The molecule has 0 fully saturated rings. The van der Waals surface area contributed by atoms with Gasteiger partial charge in [-0.25, -0.2) is 9.59 Å². The zero-order chi connectivity index (χ0) is 37.6. The summed E-state index contributed by atoms with van der Waals surface area (Å²) in [4.78, 5) is 23.7. The molecule has 2 aliphatic heterocycles. The molecular weight excluding hydrogens is 696 g/mol. The van der Waals surface area contributed by atoms with Gasteiger partial charge in [0.05, 0.1) is 0 Å². The van der Waals surface area contributed by atoms with Gasteiger partial charge in [-0.15, -0.1) is 0 Å². The molecule has 2 N–H and O–H groups in total. The molecule has 54 heavy (non-hydrogen) atoms. The van der Waals surface area contributed by atoms with Gasteiger partial charge in [-0.2, -0.15) is 0 Å². The van der Waals surface area contributed by atoms with Crippen LogP contribution in [-0.2, 0) is 0 Å². The van der Waals surface area contributed by atoms with Crippen LogP contribution in [0, 0.1) is 13.8 Å². The lowest BCUT2D eigenvalue weighted by Gasteiger charge is -2.14. The Morgan fingerprint density at radius 2 is 0.759 bits per heavy atom. The molecule has 12 heteroatoms. The van der Waals surface area contributed by atoms with Gasteiger partial charge in [-0.05, 0) is 86.6 Å². The number of rotatable bonds is 10. The maximum atomic E-state index is 11.9. The molecule has 0 saturated heterocycles. The maximum absolute atomic E-state index is 11.9. The molecule has 6 aromatic rings. The Kier molecular flexibility index (Phi) is 10.1. The van der Waals surface area contributed by atoms with Crippen molar-refractivity contribution in [1.82, 2.24) is 0 Å². The third-order valence-corrected chi connectivity index (χ3v) is 8.04. The average molecular weight is 729 g/mol. The lowest BCUT2D eigenvalue weighted by atomic mass is 10.1. The van der Waals surface area contributed by atoms with Crippen LogP contribution in [0.3, 0.4) is 0 Å². The van der Waals surface area contributed by atoms with Gasteiger partial charge in [0, 0.05) is 12.1 Å². The van der Waals surface area contributed by atoms with E-state index in [0.29, 0.717) is 46.0 Å². The van der Waals surface area contributed by atoms with E-state index in [1.54, 1.807) is 97.1 Å². The monoisotopic (exact) mass is 728 g/mol. The zero-order valence-electron chi connectivity index (χ0n) is 28.9. The fraction of sp³-hybridized carbons (Fsp3) is 0.0952. The summed E-state index contributed by atoms with van der Waals surface area (Å²) in [5.74, 6) is 2.77. The van der Waals surface area contributed by atoms with Crippen LogP contribution in [0.2, 0.25) is 0 Å². The van der Waals surface area contributed by atoms with Gasteiger partial charge in [0.2, 0.25) is 13.6 Å². The first-order valence-electron chi connectivity index (χ1n) is 16.6. The van der Waals surface area contributed by atoms with Crippen molar-refractivity contribution in [3.63, 3.8) is 0 Å². The molecule has 0 aliphatic carbocycles. The second kappa shape index (κ2) is 15.5. The van der Waals surface area contributed by atoms with Crippen molar-refractivity contribution in [2.45, 2.75) is 13.8 Å². The fourth-order valence-corrected chi connectivity index (χ4v) is 5.38. The van der Waals surface area contributed by atoms with Gasteiger partial charge < -0.3 is 48.1 Å². The molecule has 0 spiro atoms. The molecule has 0 atom stereocenters.